The van der Waals surface area contributed by atoms with Crippen molar-refractivity contribution in [2.75, 3.05) is 0 Å². The van der Waals surface area contributed by atoms with Gasteiger partial charge in [-0.2, -0.15) is 0 Å². The first-order valence-corrected chi connectivity index (χ1v) is 6.18. The number of benzene rings is 1. The number of carbonyl (C=O) groups is 1. The Labute approximate surface area is 109 Å². The molecule has 0 spiro atoms. The molecule has 3 heteroatoms. The van der Waals surface area contributed by atoms with Crippen molar-refractivity contribution >= 4 is 5.91 Å². The fraction of sp³-hybridized carbons (Fsp3) is 0.533. The zero-order chi connectivity index (χ0) is 14.0. The van der Waals surface area contributed by atoms with Crippen molar-refractivity contribution < 1.29 is 9.18 Å². The lowest BCUT2D eigenvalue weighted by Crippen LogP contribution is -2.46. The maximum atomic E-state index is 13.5. The molecule has 0 unspecified atom stereocenters. The summed E-state index contributed by atoms with van der Waals surface area (Å²) in [5.74, 6) is -0.844. The highest BCUT2D eigenvalue weighted by Gasteiger charge is 2.27. The molecule has 0 aliphatic rings. The van der Waals surface area contributed by atoms with Crippen LogP contribution in [0.3, 0.4) is 0 Å². The summed E-state index contributed by atoms with van der Waals surface area (Å²) < 4.78 is 13.5. The summed E-state index contributed by atoms with van der Waals surface area (Å²) in [6, 6.07) is 6.03. The maximum Gasteiger partial charge on any atom is 0.254 e. The van der Waals surface area contributed by atoms with Crippen molar-refractivity contribution in [1.29, 1.82) is 0 Å². The maximum absolute atomic E-state index is 13.5. The molecule has 0 aliphatic carbocycles. The van der Waals surface area contributed by atoms with E-state index in [1.807, 2.05) is 13.8 Å². The Balaban J connectivity index is 2.79. The van der Waals surface area contributed by atoms with E-state index in [1.165, 1.54) is 12.1 Å². The molecule has 1 N–H and O–H groups in total. The van der Waals surface area contributed by atoms with E-state index in [4.69, 9.17) is 0 Å². The van der Waals surface area contributed by atoms with Crippen molar-refractivity contribution in [2.24, 2.45) is 5.41 Å². The van der Waals surface area contributed by atoms with Crippen LogP contribution in [0.1, 0.15) is 51.4 Å². The van der Waals surface area contributed by atoms with E-state index >= 15 is 0 Å². The second-order valence-corrected chi connectivity index (χ2v) is 6.56. The SMILES string of the molecule is CC(C)(C)CC(C)(C)NC(=O)c1ccccc1F. The number of halogens is 1. The Morgan fingerprint density at radius 1 is 1.17 bits per heavy atom. The minimum absolute atomic E-state index is 0.0967. The van der Waals surface area contributed by atoms with Crippen molar-refractivity contribution in [3.05, 3.63) is 35.6 Å². The summed E-state index contributed by atoms with van der Waals surface area (Å²) in [6.07, 6.45) is 0.820. The molecule has 0 aliphatic heterocycles. The van der Waals surface area contributed by atoms with Crippen LogP contribution in [0.15, 0.2) is 24.3 Å². The van der Waals surface area contributed by atoms with Gasteiger partial charge < -0.3 is 5.32 Å². The molecule has 0 fully saturated rings. The monoisotopic (exact) mass is 251 g/mol. The third-order valence-electron chi connectivity index (χ3n) is 2.54. The normalized spacial score (nSPS) is 12.3. The molecule has 100 valence electrons. The molecule has 0 radical (unpaired) electrons. The number of hydrogen-bond acceptors (Lipinski definition) is 1. The van der Waals surface area contributed by atoms with Crippen LogP contribution in [0.2, 0.25) is 0 Å². The molecule has 1 aromatic carbocycles. The molecule has 0 heterocycles. The third-order valence-corrected chi connectivity index (χ3v) is 2.54. The highest BCUT2D eigenvalue weighted by Crippen LogP contribution is 2.27. The lowest BCUT2D eigenvalue weighted by atomic mass is 9.81. The van der Waals surface area contributed by atoms with Gasteiger partial charge in [-0.3, -0.25) is 4.79 Å². The Bertz CT molecular complexity index is 432. The molecule has 18 heavy (non-hydrogen) atoms. The summed E-state index contributed by atoms with van der Waals surface area (Å²) >= 11 is 0. The van der Waals surface area contributed by atoms with Crippen LogP contribution in [0.5, 0.6) is 0 Å². The highest BCUT2D eigenvalue weighted by molar-refractivity contribution is 5.94. The third kappa shape index (κ3) is 4.47. The summed E-state index contributed by atoms with van der Waals surface area (Å²) in [5, 5.41) is 2.89. The quantitative estimate of drug-likeness (QED) is 0.870. The van der Waals surface area contributed by atoms with Crippen molar-refractivity contribution in [1.82, 2.24) is 5.32 Å². The van der Waals surface area contributed by atoms with E-state index in [0.717, 1.165) is 6.42 Å². The van der Waals surface area contributed by atoms with Gasteiger partial charge in [-0.15, -0.1) is 0 Å². The number of amides is 1. The Morgan fingerprint density at radius 3 is 2.22 bits per heavy atom. The van der Waals surface area contributed by atoms with Gasteiger partial charge in [0.15, 0.2) is 0 Å². The second-order valence-electron chi connectivity index (χ2n) is 6.56. The molecular formula is C15H22FNO. The van der Waals surface area contributed by atoms with E-state index in [-0.39, 0.29) is 22.4 Å². The smallest absolute Gasteiger partial charge is 0.254 e. The summed E-state index contributed by atoms with van der Waals surface area (Å²) in [6.45, 7) is 10.3. The molecule has 2 nitrogen and oxygen atoms in total. The molecule has 1 aromatic rings. The van der Waals surface area contributed by atoms with Gasteiger partial charge in [0, 0.05) is 5.54 Å². The largest absolute Gasteiger partial charge is 0.347 e. The zero-order valence-electron chi connectivity index (χ0n) is 11.8. The van der Waals surface area contributed by atoms with Crippen LogP contribution in [-0.4, -0.2) is 11.4 Å². The lowest BCUT2D eigenvalue weighted by molar-refractivity contribution is 0.0887. The molecule has 0 saturated heterocycles. The first-order valence-electron chi connectivity index (χ1n) is 6.18. The van der Waals surface area contributed by atoms with Crippen molar-refractivity contribution in [3.63, 3.8) is 0 Å². The average molecular weight is 251 g/mol. The molecule has 0 bridgehead atoms. The minimum Gasteiger partial charge on any atom is -0.347 e. The Hall–Kier alpha value is -1.38. The summed E-state index contributed by atoms with van der Waals surface area (Å²) in [5.41, 5.74) is -0.164. The van der Waals surface area contributed by atoms with E-state index in [2.05, 4.69) is 26.1 Å². The number of rotatable bonds is 3. The van der Waals surface area contributed by atoms with E-state index in [1.54, 1.807) is 12.1 Å². The van der Waals surface area contributed by atoms with Crippen molar-refractivity contribution in [2.45, 2.75) is 46.6 Å². The summed E-state index contributed by atoms with van der Waals surface area (Å²) in [4.78, 5) is 12.0. The molecule has 0 aromatic heterocycles. The van der Waals surface area contributed by atoms with Crippen LogP contribution >= 0.6 is 0 Å². The van der Waals surface area contributed by atoms with Crippen molar-refractivity contribution in [3.8, 4) is 0 Å². The second kappa shape index (κ2) is 5.09. The molecule has 0 saturated carbocycles. The van der Waals surface area contributed by atoms with Gasteiger partial charge in [0.2, 0.25) is 0 Å². The van der Waals surface area contributed by atoms with Gasteiger partial charge in [0.05, 0.1) is 5.56 Å². The van der Waals surface area contributed by atoms with Gasteiger partial charge >= 0.3 is 0 Å². The van der Waals surface area contributed by atoms with Crippen LogP contribution in [0, 0.1) is 11.2 Å². The van der Waals surface area contributed by atoms with Crippen LogP contribution in [-0.2, 0) is 0 Å². The van der Waals surface area contributed by atoms with Gasteiger partial charge in [0.1, 0.15) is 5.82 Å². The van der Waals surface area contributed by atoms with Gasteiger partial charge in [-0.1, -0.05) is 32.9 Å². The number of hydrogen-bond donors (Lipinski definition) is 1. The fourth-order valence-corrected chi connectivity index (χ4v) is 2.39. The highest BCUT2D eigenvalue weighted by atomic mass is 19.1. The standard InChI is InChI=1S/C15H22FNO/c1-14(2,3)10-15(4,5)17-13(18)11-8-6-7-9-12(11)16/h6-9H,10H2,1-5H3,(H,17,18). The van der Waals surface area contributed by atoms with Gasteiger partial charge in [0.25, 0.3) is 5.91 Å². The van der Waals surface area contributed by atoms with Gasteiger partial charge in [-0.05, 0) is 37.8 Å². The molecular weight excluding hydrogens is 229 g/mol. The number of nitrogens with one attached hydrogen (secondary N) is 1. The topological polar surface area (TPSA) is 29.1 Å². The van der Waals surface area contributed by atoms with Gasteiger partial charge in [-0.25, -0.2) is 4.39 Å². The Kier molecular flexibility index (Phi) is 4.15. The molecule has 0 atom stereocenters. The van der Waals surface area contributed by atoms with Crippen LogP contribution < -0.4 is 5.32 Å². The zero-order valence-corrected chi connectivity index (χ0v) is 11.8. The first-order chi connectivity index (χ1) is 8.11. The lowest BCUT2D eigenvalue weighted by Gasteiger charge is -2.33. The molecule has 1 rings (SSSR count). The van der Waals surface area contributed by atoms with E-state index in [9.17, 15) is 9.18 Å². The minimum atomic E-state index is -0.485. The van der Waals surface area contributed by atoms with Crippen LogP contribution in [0.25, 0.3) is 0 Å². The van der Waals surface area contributed by atoms with E-state index in [0.29, 0.717) is 0 Å². The molecule has 1 amide bonds. The predicted molar refractivity (Wildman–Crippen MR) is 72.0 cm³/mol. The first kappa shape index (κ1) is 14.7. The Morgan fingerprint density at radius 2 is 1.72 bits per heavy atom. The average Bonchev–Trinajstić information content (AvgIpc) is 2.12. The fourth-order valence-electron chi connectivity index (χ4n) is 2.39. The van der Waals surface area contributed by atoms with Crippen LogP contribution in [0.4, 0.5) is 4.39 Å². The number of carbonyl (C=O) groups excluding carboxylic acids is 1. The van der Waals surface area contributed by atoms with E-state index < -0.39 is 5.82 Å². The predicted octanol–water partition coefficient (Wildman–Crippen LogP) is 3.77. The summed E-state index contributed by atoms with van der Waals surface area (Å²) in [7, 11) is 0.